The highest BCUT2D eigenvalue weighted by Gasteiger charge is 2.13. The van der Waals surface area contributed by atoms with Crippen molar-refractivity contribution in [3.63, 3.8) is 0 Å². The fourth-order valence-electron chi connectivity index (χ4n) is 1.54. The molecule has 0 saturated heterocycles. The van der Waals surface area contributed by atoms with E-state index in [-0.39, 0.29) is 10.6 Å². The summed E-state index contributed by atoms with van der Waals surface area (Å²) in [5.41, 5.74) is 0.635. The summed E-state index contributed by atoms with van der Waals surface area (Å²) in [6.07, 6.45) is 1.26. The van der Waals surface area contributed by atoms with Crippen molar-refractivity contribution in [1.29, 1.82) is 0 Å². The van der Waals surface area contributed by atoms with Crippen LogP contribution in [0.1, 0.15) is 17.3 Å². The van der Waals surface area contributed by atoms with Crippen LogP contribution in [0.4, 0.5) is 0 Å². The number of pyridine rings is 1. The second kappa shape index (κ2) is 4.59. The highest BCUT2D eigenvalue weighted by molar-refractivity contribution is 6.38. The Morgan fingerprint density at radius 3 is 2.94 bits per heavy atom. The van der Waals surface area contributed by atoms with Gasteiger partial charge in [0.15, 0.2) is 0 Å². The van der Waals surface area contributed by atoms with Gasteiger partial charge in [-0.3, -0.25) is 4.98 Å². The summed E-state index contributed by atoms with van der Waals surface area (Å²) in [5.74, 6) is -0.447. The Kier molecular flexibility index (Phi) is 3.15. The average molecular weight is 252 g/mol. The van der Waals surface area contributed by atoms with E-state index in [4.69, 9.17) is 21.4 Å². The zero-order valence-electron chi connectivity index (χ0n) is 9.11. The van der Waals surface area contributed by atoms with E-state index in [0.717, 1.165) is 0 Å². The summed E-state index contributed by atoms with van der Waals surface area (Å²) in [6.45, 7) is 2.41. The molecular formula is C12H10ClNO3. The van der Waals surface area contributed by atoms with E-state index >= 15 is 0 Å². The van der Waals surface area contributed by atoms with Crippen molar-refractivity contribution in [3.05, 3.63) is 35.0 Å². The molecule has 0 aliphatic carbocycles. The lowest BCUT2D eigenvalue weighted by atomic mass is 10.1. The van der Waals surface area contributed by atoms with E-state index in [1.54, 1.807) is 18.2 Å². The fraction of sp³-hybridized carbons (Fsp3) is 0.167. The highest BCUT2D eigenvalue weighted by atomic mass is 35.5. The van der Waals surface area contributed by atoms with Crippen molar-refractivity contribution >= 4 is 28.5 Å². The Balaban J connectivity index is 2.64. The van der Waals surface area contributed by atoms with Crippen LogP contribution in [0.15, 0.2) is 24.4 Å². The van der Waals surface area contributed by atoms with Crippen LogP contribution >= 0.6 is 11.6 Å². The van der Waals surface area contributed by atoms with Crippen LogP contribution in [0.3, 0.4) is 0 Å². The van der Waals surface area contributed by atoms with E-state index < -0.39 is 5.97 Å². The average Bonchev–Trinajstić information content (AvgIpc) is 2.30. The molecule has 4 nitrogen and oxygen atoms in total. The van der Waals surface area contributed by atoms with E-state index in [1.165, 1.54) is 6.20 Å². The Morgan fingerprint density at radius 2 is 2.29 bits per heavy atom. The number of rotatable bonds is 3. The molecule has 88 valence electrons. The van der Waals surface area contributed by atoms with Crippen molar-refractivity contribution in [2.45, 2.75) is 6.92 Å². The minimum atomic E-state index is -1.09. The molecule has 0 atom stereocenters. The number of hydrogen-bond acceptors (Lipinski definition) is 3. The summed E-state index contributed by atoms with van der Waals surface area (Å²) in [6, 6.07) is 5.22. The number of fused-ring (bicyclic) bond motifs is 1. The largest absolute Gasteiger partial charge is 0.494 e. The first-order valence-corrected chi connectivity index (χ1v) is 5.45. The van der Waals surface area contributed by atoms with Crippen molar-refractivity contribution in [2.75, 3.05) is 6.61 Å². The highest BCUT2D eigenvalue weighted by Crippen LogP contribution is 2.28. The third-order valence-corrected chi connectivity index (χ3v) is 2.72. The molecule has 0 aliphatic rings. The molecule has 0 unspecified atom stereocenters. The summed E-state index contributed by atoms with van der Waals surface area (Å²) in [7, 11) is 0. The molecule has 0 fully saturated rings. The Morgan fingerprint density at radius 1 is 1.53 bits per heavy atom. The van der Waals surface area contributed by atoms with Gasteiger partial charge in [-0.2, -0.15) is 0 Å². The van der Waals surface area contributed by atoms with Crippen LogP contribution in [0, 0.1) is 0 Å². The Hall–Kier alpha value is -1.81. The molecule has 0 amide bonds. The number of carboxylic acids is 1. The molecule has 0 aliphatic heterocycles. The number of carboxylic acid groups (broad SMARTS) is 1. The molecular weight excluding hydrogens is 242 g/mol. The van der Waals surface area contributed by atoms with Gasteiger partial charge in [0.25, 0.3) is 0 Å². The predicted molar refractivity (Wildman–Crippen MR) is 64.9 cm³/mol. The van der Waals surface area contributed by atoms with Gasteiger partial charge in [0, 0.05) is 11.6 Å². The van der Waals surface area contributed by atoms with Crippen LogP contribution < -0.4 is 4.74 Å². The minimum absolute atomic E-state index is 0.00665. The normalized spacial score (nSPS) is 10.5. The first-order valence-electron chi connectivity index (χ1n) is 5.08. The molecule has 5 heteroatoms. The van der Waals surface area contributed by atoms with E-state index in [9.17, 15) is 4.79 Å². The number of ether oxygens (including phenoxy) is 1. The number of halogens is 1. The van der Waals surface area contributed by atoms with Crippen molar-refractivity contribution < 1.29 is 14.6 Å². The number of nitrogens with zero attached hydrogens (tertiary/aromatic N) is 1. The molecule has 0 saturated carbocycles. The standard InChI is InChI=1S/C12H10ClNO3/c1-2-17-7-3-4-10-8(5-7)11(13)9(6-14-10)12(15)16/h3-6H,2H2,1H3,(H,15,16). The van der Waals surface area contributed by atoms with E-state index in [1.807, 2.05) is 6.92 Å². The molecule has 1 aromatic carbocycles. The second-order valence-corrected chi connectivity index (χ2v) is 3.78. The summed E-state index contributed by atoms with van der Waals surface area (Å²) in [5, 5.41) is 9.71. The van der Waals surface area contributed by atoms with Gasteiger partial charge in [-0.05, 0) is 25.1 Å². The lowest BCUT2D eigenvalue weighted by molar-refractivity contribution is 0.0697. The zero-order chi connectivity index (χ0) is 12.4. The molecule has 1 aromatic heterocycles. The predicted octanol–water partition coefficient (Wildman–Crippen LogP) is 2.99. The zero-order valence-corrected chi connectivity index (χ0v) is 9.86. The minimum Gasteiger partial charge on any atom is -0.494 e. The van der Waals surface area contributed by atoms with E-state index in [0.29, 0.717) is 23.3 Å². The monoisotopic (exact) mass is 251 g/mol. The van der Waals surface area contributed by atoms with Crippen molar-refractivity contribution in [1.82, 2.24) is 4.98 Å². The van der Waals surface area contributed by atoms with Gasteiger partial charge in [0.2, 0.25) is 0 Å². The third-order valence-electron chi connectivity index (χ3n) is 2.32. The second-order valence-electron chi connectivity index (χ2n) is 3.40. The summed E-state index contributed by atoms with van der Waals surface area (Å²) >= 11 is 6.03. The number of hydrogen-bond donors (Lipinski definition) is 1. The molecule has 0 spiro atoms. The number of carbonyl (C=O) groups is 1. The van der Waals surface area contributed by atoms with Crippen molar-refractivity contribution in [3.8, 4) is 5.75 Å². The van der Waals surface area contributed by atoms with Crippen molar-refractivity contribution in [2.24, 2.45) is 0 Å². The van der Waals surface area contributed by atoms with Crippen LogP contribution in [0.5, 0.6) is 5.75 Å². The molecule has 2 rings (SSSR count). The van der Waals surface area contributed by atoms with Crippen LogP contribution in [0.2, 0.25) is 5.02 Å². The number of aromatic nitrogens is 1. The maximum absolute atomic E-state index is 10.9. The number of aromatic carboxylic acids is 1. The Labute approximate surface area is 103 Å². The molecule has 0 radical (unpaired) electrons. The smallest absolute Gasteiger partial charge is 0.338 e. The van der Waals surface area contributed by atoms with Crippen LogP contribution in [0.25, 0.3) is 10.9 Å². The number of benzene rings is 1. The lowest BCUT2D eigenvalue weighted by Crippen LogP contribution is -1.99. The maximum atomic E-state index is 10.9. The van der Waals surface area contributed by atoms with Gasteiger partial charge in [-0.25, -0.2) is 4.79 Å². The first-order chi connectivity index (χ1) is 8.13. The quantitative estimate of drug-likeness (QED) is 0.911. The van der Waals surface area contributed by atoms with Gasteiger partial charge in [0.1, 0.15) is 5.75 Å². The Bertz CT molecular complexity index is 583. The molecule has 2 aromatic rings. The SMILES string of the molecule is CCOc1ccc2ncc(C(=O)O)c(Cl)c2c1. The summed E-state index contributed by atoms with van der Waals surface area (Å²) in [4.78, 5) is 15.0. The third kappa shape index (κ3) is 2.17. The fourth-order valence-corrected chi connectivity index (χ4v) is 1.83. The van der Waals surface area contributed by atoms with Gasteiger partial charge >= 0.3 is 5.97 Å². The topological polar surface area (TPSA) is 59.4 Å². The van der Waals surface area contributed by atoms with Crippen LogP contribution in [-0.2, 0) is 0 Å². The van der Waals surface area contributed by atoms with Gasteiger partial charge in [-0.1, -0.05) is 11.6 Å². The summed E-state index contributed by atoms with van der Waals surface area (Å²) < 4.78 is 5.34. The van der Waals surface area contributed by atoms with E-state index in [2.05, 4.69) is 4.98 Å². The molecule has 17 heavy (non-hydrogen) atoms. The lowest BCUT2D eigenvalue weighted by Gasteiger charge is -2.06. The molecule has 1 heterocycles. The molecule has 1 N–H and O–H groups in total. The van der Waals surface area contributed by atoms with Gasteiger partial charge in [0.05, 0.1) is 22.7 Å². The van der Waals surface area contributed by atoms with Crippen LogP contribution in [-0.4, -0.2) is 22.7 Å². The first kappa shape index (κ1) is 11.7. The van der Waals surface area contributed by atoms with Gasteiger partial charge in [-0.15, -0.1) is 0 Å². The molecule has 0 bridgehead atoms. The maximum Gasteiger partial charge on any atom is 0.338 e. The van der Waals surface area contributed by atoms with Gasteiger partial charge < -0.3 is 9.84 Å².